The molecule has 152 valence electrons. The van der Waals surface area contributed by atoms with Gasteiger partial charge in [-0.2, -0.15) is 13.2 Å². The Bertz CT molecular complexity index is 948. The molecule has 0 spiro atoms. The Balaban J connectivity index is 1.24. The number of ether oxygens (including phenoxy) is 1. The zero-order valence-corrected chi connectivity index (χ0v) is 16.0. The highest BCUT2D eigenvalue weighted by Gasteiger charge is 2.30. The summed E-state index contributed by atoms with van der Waals surface area (Å²) in [5.74, 6) is 0.868. The van der Waals surface area contributed by atoms with Crippen molar-refractivity contribution in [1.29, 1.82) is 0 Å². The molecule has 1 saturated heterocycles. The van der Waals surface area contributed by atoms with Crippen LogP contribution >= 0.6 is 0 Å². The molecule has 1 aliphatic heterocycles. The topological polar surface area (TPSA) is 15.7 Å². The van der Waals surface area contributed by atoms with E-state index in [4.69, 9.17) is 4.74 Å². The van der Waals surface area contributed by atoms with E-state index in [2.05, 4.69) is 34.1 Å². The molecule has 0 N–H and O–H groups in total. The van der Waals surface area contributed by atoms with Gasteiger partial charge in [0.15, 0.2) is 0 Å². The fourth-order valence-corrected chi connectivity index (χ4v) is 3.64. The van der Waals surface area contributed by atoms with E-state index in [1.807, 2.05) is 18.2 Å². The maximum Gasteiger partial charge on any atom is 0.416 e. The van der Waals surface area contributed by atoms with Crippen molar-refractivity contribution in [2.24, 2.45) is 0 Å². The summed E-state index contributed by atoms with van der Waals surface area (Å²) < 4.78 is 44.0. The molecule has 3 aromatic rings. The van der Waals surface area contributed by atoms with Crippen molar-refractivity contribution in [3.05, 3.63) is 72.3 Å². The molecule has 3 aromatic carbocycles. The summed E-state index contributed by atoms with van der Waals surface area (Å²) in [6, 6.07) is 19.7. The Morgan fingerprint density at radius 1 is 0.793 bits per heavy atom. The fourth-order valence-electron chi connectivity index (χ4n) is 3.64. The number of fused-ring (bicyclic) bond motifs is 1. The molecule has 0 radical (unpaired) electrons. The lowest BCUT2D eigenvalue weighted by molar-refractivity contribution is -0.137. The molecule has 1 fully saturated rings. The fraction of sp³-hybridized carbons (Fsp3) is 0.304. The monoisotopic (exact) mass is 400 g/mol. The number of hydrogen-bond acceptors (Lipinski definition) is 3. The van der Waals surface area contributed by atoms with Crippen molar-refractivity contribution in [2.45, 2.75) is 6.18 Å². The number of alkyl halides is 3. The third-order valence-corrected chi connectivity index (χ3v) is 5.33. The quantitative estimate of drug-likeness (QED) is 0.595. The largest absolute Gasteiger partial charge is 0.492 e. The van der Waals surface area contributed by atoms with Gasteiger partial charge in [0, 0.05) is 38.4 Å². The standard InChI is InChI=1S/C23H23F3N2O/c24-23(25,26)20-6-8-21(9-7-20)28-13-11-27(12-14-28)15-16-29-22-10-5-18-3-1-2-4-19(18)17-22/h1-10,17H,11-16H2. The van der Waals surface area contributed by atoms with Crippen LogP contribution in [0.4, 0.5) is 18.9 Å². The number of nitrogens with zero attached hydrogens (tertiary/aromatic N) is 2. The second kappa shape index (κ2) is 8.33. The molecule has 3 nitrogen and oxygen atoms in total. The van der Waals surface area contributed by atoms with Gasteiger partial charge in [0.2, 0.25) is 0 Å². The molecule has 1 heterocycles. The summed E-state index contributed by atoms with van der Waals surface area (Å²) in [5.41, 5.74) is 0.232. The van der Waals surface area contributed by atoms with Crippen molar-refractivity contribution >= 4 is 16.5 Å². The molecule has 0 aromatic heterocycles. The van der Waals surface area contributed by atoms with E-state index in [0.717, 1.165) is 61.7 Å². The second-order valence-electron chi connectivity index (χ2n) is 7.23. The lowest BCUT2D eigenvalue weighted by Gasteiger charge is -2.36. The molecule has 4 rings (SSSR count). The van der Waals surface area contributed by atoms with Crippen molar-refractivity contribution in [2.75, 3.05) is 44.2 Å². The number of halogens is 3. The van der Waals surface area contributed by atoms with E-state index in [1.165, 1.54) is 5.39 Å². The molecule has 29 heavy (non-hydrogen) atoms. The SMILES string of the molecule is FC(F)(F)c1ccc(N2CCN(CCOc3ccc4ccccc4c3)CC2)cc1. The Hall–Kier alpha value is -2.73. The average molecular weight is 400 g/mol. The first-order valence-electron chi connectivity index (χ1n) is 9.75. The summed E-state index contributed by atoms with van der Waals surface area (Å²) >= 11 is 0. The van der Waals surface area contributed by atoms with Crippen molar-refractivity contribution in [1.82, 2.24) is 4.90 Å². The van der Waals surface area contributed by atoms with Crippen molar-refractivity contribution < 1.29 is 17.9 Å². The van der Waals surface area contributed by atoms with Gasteiger partial charge >= 0.3 is 6.18 Å². The van der Waals surface area contributed by atoms with Crippen LogP contribution in [0, 0.1) is 0 Å². The van der Waals surface area contributed by atoms with E-state index in [1.54, 1.807) is 12.1 Å². The summed E-state index contributed by atoms with van der Waals surface area (Å²) in [6.07, 6.45) is -4.29. The van der Waals surface area contributed by atoms with Crippen LogP contribution in [0.3, 0.4) is 0 Å². The van der Waals surface area contributed by atoms with E-state index in [-0.39, 0.29) is 0 Å². The van der Waals surface area contributed by atoms with Crippen molar-refractivity contribution in [3.8, 4) is 5.75 Å². The smallest absolute Gasteiger partial charge is 0.416 e. The van der Waals surface area contributed by atoms with Gasteiger partial charge in [-0.15, -0.1) is 0 Å². The predicted octanol–water partition coefficient (Wildman–Crippen LogP) is 5.06. The normalized spacial score (nSPS) is 15.6. The molecule has 0 unspecified atom stereocenters. The molecule has 0 amide bonds. The molecule has 6 heteroatoms. The van der Waals surface area contributed by atoms with Gasteiger partial charge in [-0.3, -0.25) is 4.90 Å². The molecule has 0 saturated carbocycles. The lowest BCUT2D eigenvalue weighted by Crippen LogP contribution is -2.47. The van der Waals surface area contributed by atoms with Crippen molar-refractivity contribution in [3.63, 3.8) is 0 Å². The number of hydrogen-bond donors (Lipinski definition) is 0. The Morgan fingerprint density at radius 2 is 1.48 bits per heavy atom. The second-order valence-corrected chi connectivity index (χ2v) is 7.23. The molecular weight excluding hydrogens is 377 g/mol. The maximum atomic E-state index is 12.7. The Morgan fingerprint density at radius 3 is 2.17 bits per heavy atom. The summed E-state index contributed by atoms with van der Waals surface area (Å²) in [7, 11) is 0. The van der Waals surface area contributed by atoms with Gasteiger partial charge in [-0.25, -0.2) is 0 Å². The van der Waals surface area contributed by atoms with Crippen LogP contribution in [0.2, 0.25) is 0 Å². The van der Waals surface area contributed by atoms with Crippen LogP contribution in [-0.4, -0.2) is 44.2 Å². The van der Waals surface area contributed by atoms with E-state index in [9.17, 15) is 13.2 Å². The summed E-state index contributed by atoms with van der Waals surface area (Å²) in [4.78, 5) is 4.45. The third kappa shape index (κ3) is 4.82. The van der Waals surface area contributed by atoms with E-state index >= 15 is 0 Å². The molecule has 0 aliphatic carbocycles. The summed E-state index contributed by atoms with van der Waals surface area (Å²) in [5, 5.41) is 2.36. The first kappa shape index (κ1) is 19.6. The first-order valence-corrected chi connectivity index (χ1v) is 9.75. The third-order valence-electron chi connectivity index (χ3n) is 5.33. The Kier molecular flexibility index (Phi) is 5.62. The van der Waals surface area contributed by atoms with Crippen LogP contribution in [0.5, 0.6) is 5.75 Å². The minimum atomic E-state index is -4.29. The molecular formula is C23H23F3N2O. The van der Waals surface area contributed by atoms with Crippen LogP contribution in [0.1, 0.15) is 5.56 Å². The van der Waals surface area contributed by atoms with Gasteiger partial charge in [-0.1, -0.05) is 30.3 Å². The zero-order chi connectivity index (χ0) is 20.3. The lowest BCUT2D eigenvalue weighted by atomic mass is 10.1. The number of piperazine rings is 1. The van der Waals surface area contributed by atoms with Crippen LogP contribution in [-0.2, 0) is 6.18 Å². The van der Waals surface area contributed by atoms with Gasteiger partial charge in [0.05, 0.1) is 5.56 Å². The highest BCUT2D eigenvalue weighted by Crippen LogP contribution is 2.30. The highest BCUT2D eigenvalue weighted by atomic mass is 19.4. The number of benzene rings is 3. The van der Waals surface area contributed by atoms with Crippen LogP contribution in [0.25, 0.3) is 10.8 Å². The van der Waals surface area contributed by atoms with E-state index < -0.39 is 11.7 Å². The van der Waals surface area contributed by atoms with E-state index in [0.29, 0.717) is 6.61 Å². The number of rotatable bonds is 5. The zero-order valence-electron chi connectivity index (χ0n) is 16.0. The Labute approximate surface area is 168 Å². The summed E-state index contributed by atoms with van der Waals surface area (Å²) in [6.45, 7) is 4.75. The highest BCUT2D eigenvalue weighted by molar-refractivity contribution is 5.83. The van der Waals surface area contributed by atoms with Gasteiger partial charge < -0.3 is 9.64 Å². The predicted molar refractivity (Wildman–Crippen MR) is 110 cm³/mol. The van der Waals surface area contributed by atoms with Crippen LogP contribution in [0.15, 0.2) is 66.7 Å². The van der Waals surface area contributed by atoms with Crippen LogP contribution < -0.4 is 9.64 Å². The van der Waals surface area contributed by atoms with Gasteiger partial charge in [0.25, 0.3) is 0 Å². The molecule has 1 aliphatic rings. The molecule has 0 atom stereocenters. The minimum Gasteiger partial charge on any atom is -0.492 e. The average Bonchev–Trinajstić information content (AvgIpc) is 2.74. The maximum absolute atomic E-state index is 12.7. The minimum absolute atomic E-state index is 0.606. The molecule has 0 bridgehead atoms. The van der Waals surface area contributed by atoms with Gasteiger partial charge in [0.1, 0.15) is 12.4 Å². The first-order chi connectivity index (χ1) is 14.0. The number of anilines is 1. The van der Waals surface area contributed by atoms with Gasteiger partial charge in [-0.05, 0) is 47.2 Å².